The van der Waals surface area contributed by atoms with Crippen LogP contribution in [0.15, 0.2) is 53.4 Å². The topological polar surface area (TPSA) is 71.6 Å². The predicted octanol–water partition coefficient (Wildman–Crippen LogP) is 2.57. The molecule has 2 aromatic rings. The molecule has 0 aliphatic carbocycles. The van der Waals surface area contributed by atoms with E-state index in [4.69, 9.17) is 21.7 Å². The third-order valence-corrected chi connectivity index (χ3v) is 4.43. The number of rotatable bonds is 4. The van der Waals surface area contributed by atoms with Crippen LogP contribution in [0.3, 0.4) is 0 Å². The van der Waals surface area contributed by atoms with Crippen molar-refractivity contribution in [3.63, 3.8) is 0 Å². The Morgan fingerprint density at radius 3 is 2.60 bits per heavy atom. The highest BCUT2D eigenvalue weighted by Gasteiger charge is 2.12. The van der Waals surface area contributed by atoms with Crippen molar-refractivity contribution in [2.24, 2.45) is 0 Å². The summed E-state index contributed by atoms with van der Waals surface area (Å²) in [7, 11) is 0. The van der Waals surface area contributed by atoms with Gasteiger partial charge >= 0.3 is 0 Å². The minimum Gasteiger partial charge on any atom is -0.486 e. The monoisotopic (exact) mass is 375 g/mol. The predicted molar refractivity (Wildman–Crippen MR) is 102 cm³/mol. The van der Waals surface area contributed by atoms with Crippen LogP contribution in [0.4, 0.5) is 5.69 Å². The van der Waals surface area contributed by atoms with Crippen LogP contribution in [0.25, 0.3) is 0 Å². The number of hydrazine groups is 1. The van der Waals surface area contributed by atoms with E-state index < -0.39 is 0 Å². The summed E-state index contributed by atoms with van der Waals surface area (Å²) in [5.74, 6) is 1.51. The van der Waals surface area contributed by atoms with E-state index >= 15 is 0 Å². The number of nitrogens with one attached hydrogen (secondary N) is 3. The number of carbonyl (C=O) groups is 1. The number of amides is 1. The molecule has 0 unspecified atom stereocenters. The molecule has 2 aromatic carbocycles. The van der Waals surface area contributed by atoms with Crippen LogP contribution in [0.2, 0.25) is 0 Å². The van der Waals surface area contributed by atoms with Crippen LogP contribution in [0.1, 0.15) is 0 Å². The van der Waals surface area contributed by atoms with E-state index in [1.54, 1.807) is 0 Å². The molecule has 0 aromatic heterocycles. The Hall–Kier alpha value is -2.45. The first-order valence-electron chi connectivity index (χ1n) is 7.64. The summed E-state index contributed by atoms with van der Waals surface area (Å²) in [6, 6.07) is 15.1. The quantitative estimate of drug-likeness (QED) is 0.431. The Labute approximate surface area is 155 Å². The van der Waals surface area contributed by atoms with Gasteiger partial charge in [-0.05, 0) is 42.5 Å². The normalized spacial score (nSPS) is 12.2. The number of thioether (sulfide) groups is 1. The molecular formula is C17H17N3O3S2. The van der Waals surface area contributed by atoms with Gasteiger partial charge in [0.1, 0.15) is 13.2 Å². The van der Waals surface area contributed by atoms with E-state index in [2.05, 4.69) is 16.2 Å². The second-order valence-electron chi connectivity index (χ2n) is 5.09. The van der Waals surface area contributed by atoms with Gasteiger partial charge in [-0.2, -0.15) is 0 Å². The highest BCUT2D eigenvalue weighted by atomic mass is 32.2. The lowest BCUT2D eigenvalue weighted by atomic mass is 10.3. The Bertz CT molecular complexity index is 756. The maximum Gasteiger partial charge on any atom is 0.248 e. The Kier molecular flexibility index (Phi) is 5.97. The molecule has 8 heteroatoms. The summed E-state index contributed by atoms with van der Waals surface area (Å²) in [6.45, 7) is 1.10. The lowest BCUT2D eigenvalue weighted by Crippen LogP contribution is -2.44. The second-order valence-corrected chi connectivity index (χ2v) is 6.54. The highest BCUT2D eigenvalue weighted by molar-refractivity contribution is 8.00. The number of carbonyl (C=O) groups excluding carboxylic acids is 1. The van der Waals surface area contributed by atoms with E-state index in [-0.39, 0.29) is 11.7 Å². The minimum atomic E-state index is -0.183. The van der Waals surface area contributed by atoms with Crippen molar-refractivity contribution in [2.45, 2.75) is 4.90 Å². The molecule has 25 heavy (non-hydrogen) atoms. The minimum absolute atomic E-state index is 0.183. The number of hydrogen-bond acceptors (Lipinski definition) is 5. The molecule has 0 radical (unpaired) electrons. The SMILES string of the molecule is O=C(CSc1ccc2c(c1)OCCO2)NNC(=S)Nc1ccccc1. The van der Waals surface area contributed by atoms with Crippen molar-refractivity contribution in [3.8, 4) is 11.5 Å². The van der Waals surface area contributed by atoms with Gasteiger partial charge in [0.05, 0.1) is 5.75 Å². The fourth-order valence-corrected chi connectivity index (χ4v) is 3.00. The van der Waals surface area contributed by atoms with Crippen LogP contribution in [-0.2, 0) is 4.79 Å². The van der Waals surface area contributed by atoms with Gasteiger partial charge in [-0.3, -0.25) is 15.6 Å². The average molecular weight is 375 g/mol. The van der Waals surface area contributed by atoms with E-state index in [0.717, 1.165) is 16.3 Å². The van der Waals surface area contributed by atoms with E-state index in [0.29, 0.717) is 24.1 Å². The lowest BCUT2D eigenvalue weighted by molar-refractivity contribution is -0.119. The molecule has 0 fully saturated rings. The van der Waals surface area contributed by atoms with Crippen molar-refractivity contribution in [3.05, 3.63) is 48.5 Å². The zero-order chi connectivity index (χ0) is 17.5. The number of hydrogen-bond donors (Lipinski definition) is 3. The molecule has 1 heterocycles. The molecule has 0 saturated carbocycles. The van der Waals surface area contributed by atoms with E-state index in [1.165, 1.54) is 11.8 Å². The zero-order valence-electron chi connectivity index (χ0n) is 13.3. The van der Waals surface area contributed by atoms with Crippen molar-refractivity contribution < 1.29 is 14.3 Å². The van der Waals surface area contributed by atoms with Gasteiger partial charge in [-0.1, -0.05) is 18.2 Å². The van der Waals surface area contributed by atoms with Crippen molar-refractivity contribution in [2.75, 3.05) is 24.3 Å². The molecule has 1 aliphatic heterocycles. The third-order valence-electron chi connectivity index (χ3n) is 3.23. The Morgan fingerprint density at radius 1 is 1.04 bits per heavy atom. The lowest BCUT2D eigenvalue weighted by Gasteiger charge is -2.18. The number of para-hydroxylation sites is 1. The van der Waals surface area contributed by atoms with E-state index in [1.807, 2.05) is 48.5 Å². The van der Waals surface area contributed by atoms with Crippen molar-refractivity contribution in [1.82, 2.24) is 10.9 Å². The van der Waals surface area contributed by atoms with Crippen molar-refractivity contribution >= 4 is 40.7 Å². The molecule has 3 rings (SSSR count). The molecule has 1 aliphatic rings. The van der Waals surface area contributed by atoms with Gasteiger partial charge in [0, 0.05) is 10.6 Å². The number of anilines is 1. The molecule has 0 saturated heterocycles. The molecule has 130 valence electrons. The summed E-state index contributed by atoms with van der Waals surface area (Å²) >= 11 is 6.53. The molecule has 1 amide bonds. The molecule has 6 nitrogen and oxygen atoms in total. The van der Waals surface area contributed by atoms with E-state index in [9.17, 15) is 4.79 Å². The Balaban J connectivity index is 1.41. The van der Waals surface area contributed by atoms with Crippen LogP contribution in [0.5, 0.6) is 11.5 Å². The standard InChI is InChI=1S/C17H17N3O3S2/c21-16(19-20-17(24)18-12-4-2-1-3-5-12)11-25-13-6-7-14-15(10-13)23-9-8-22-14/h1-7,10H,8-9,11H2,(H,19,21)(H2,18,20,24). The highest BCUT2D eigenvalue weighted by Crippen LogP contribution is 2.34. The Morgan fingerprint density at radius 2 is 1.80 bits per heavy atom. The summed E-state index contributed by atoms with van der Waals surface area (Å²) in [5, 5.41) is 3.30. The van der Waals surface area contributed by atoms with Crippen LogP contribution < -0.4 is 25.6 Å². The first-order valence-corrected chi connectivity index (χ1v) is 9.03. The molecule has 0 atom stereocenters. The smallest absolute Gasteiger partial charge is 0.248 e. The number of benzene rings is 2. The van der Waals surface area contributed by atoms with Gasteiger partial charge in [-0.15, -0.1) is 11.8 Å². The van der Waals surface area contributed by atoms with Gasteiger partial charge in [0.2, 0.25) is 5.91 Å². The van der Waals surface area contributed by atoms with Gasteiger partial charge in [0.25, 0.3) is 0 Å². The second kappa shape index (κ2) is 8.59. The van der Waals surface area contributed by atoms with Gasteiger partial charge in [0.15, 0.2) is 16.6 Å². The third kappa shape index (κ3) is 5.27. The van der Waals surface area contributed by atoms with Crippen molar-refractivity contribution in [1.29, 1.82) is 0 Å². The summed E-state index contributed by atoms with van der Waals surface area (Å²) in [6.07, 6.45) is 0. The first-order chi connectivity index (χ1) is 12.2. The van der Waals surface area contributed by atoms with Crippen LogP contribution in [-0.4, -0.2) is 30.0 Å². The number of thiocarbonyl (C=S) groups is 1. The number of ether oxygens (including phenoxy) is 2. The fraction of sp³-hybridized carbons (Fsp3) is 0.176. The summed E-state index contributed by atoms with van der Waals surface area (Å²) < 4.78 is 11.0. The van der Waals surface area contributed by atoms with Gasteiger partial charge in [-0.25, -0.2) is 0 Å². The maximum atomic E-state index is 11.9. The molecular weight excluding hydrogens is 358 g/mol. The molecule has 0 spiro atoms. The average Bonchev–Trinajstić information content (AvgIpc) is 2.65. The maximum absolute atomic E-state index is 11.9. The first kappa shape index (κ1) is 17.4. The van der Waals surface area contributed by atoms with Crippen LogP contribution >= 0.6 is 24.0 Å². The molecule has 3 N–H and O–H groups in total. The largest absolute Gasteiger partial charge is 0.486 e. The summed E-state index contributed by atoms with van der Waals surface area (Å²) in [4.78, 5) is 12.9. The van der Waals surface area contributed by atoms with Crippen LogP contribution in [0, 0.1) is 0 Å². The number of fused-ring (bicyclic) bond motifs is 1. The zero-order valence-corrected chi connectivity index (χ0v) is 14.9. The van der Waals surface area contributed by atoms with Gasteiger partial charge < -0.3 is 14.8 Å². The molecule has 0 bridgehead atoms. The fourth-order valence-electron chi connectivity index (χ4n) is 2.11. The summed E-state index contributed by atoms with van der Waals surface area (Å²) in [5.41, 5.74) is 6.09.